The Morgan fingerprint density at radius 1 is 1.13 bits per heavy atom. The van der Waals surface area contributed by atoms with E-state index in [1.165, 1.54) is 29.4 Å². The summed E-state index contributed by atoms with van der Waals surface area (Å²) in [6.45, 7) is 0. The minimum Gasteiger partial charge on any atom is -0.497 e. The quantitative estimate of drug-likeness (QED) is 0.739. The standard InChI is InChI=1S/C17H14N2O3S/c1-22-14-6-8-15(9-7-14)23(20,21)19-12-13(10-11-18)16-4-2-3-5-17(16)19/h2-9,12H,10H2,1H3. The van der Waals surface area contributed by atoms with Gasteiger partial charge in [0, 0.05) is 11.6 Å². The van der Waals surface area contributed by atoms with E-state index in [0.29, 0.717) is 16.8 Å². The zero-order valence-corrected chi connectivity index (χ0v) is 13.2. The number of nitriles is 1. The van der Waals surface area contributed by atoms with E-state index in [-0.39, 0.29) is 11.3 Å². The molecular formula is C17H14N2O3S. The zero-order chi connectivity index (χ0) is 16.4. The van der Waals surface area contributed by atoms with Crippen LogP contribution >= 0.6 is 0 Å². The van der Waals surface area contributed by atoms with Crippen LogP contribution in [-0.4, -0.2) is 19.5 Å². The molecule has 0 aliphatic heterocycles. The Kier molecular flexibility index (Phi) is 3.80. The van der Waals surface area contributed by atoms with Crippen LogP contribution in [0, 0.1) is 11.3 Å². The third-order valence-electron chi connectivity index (χ3n) is 3.65. The first-order valence-corrected chi connectivity index (χ1v) is 8.37. The van der Waals surface area contributed by atoms with Gasteiger partial charge in [-0.2, -0.15) is 5.26 Å². The molecule has 1 aromatic heterocycles. The Morgan fingerprint density at radius 2 is 1.83 bits per heavy atom. The summed E-state index contributed by atoms with van der Waals surface area (Å²) >= 11 is 0. The molecular weight excluding hydrogens is 312 g/mol. The van der Waals surface area contributed by atoms with Gasteiger partial charge >= 0.3 is 0 Å². The van der Waals surface area contributed by atoms with E-state index in [9.17, 15) is 8.42 Å². The number of nitrogens with zero attached hydrogens (tertiary/aromatic N) is 2. The highest BCUT2D eigenvalue weighted by Crippen LogP contribution is 2.27. The van der Waals surface area contributed by atoms with Crippen molar-refractivity contribution in [2.45, 2.75) is 11.3 Å². The second-order valence-corrected chi connectivity index (χ2v) is 6.80. The van der Waals surface area contributed by atoms with Gasteiger partial charge in [-0.05, 0) is 35.9 Å². The van der Waals surface area contributed by atoms with Crippen LogP contribution < -0.4 is 4.74 Å². The molecule has 0 unspecified atom stereocenters. The van der Waals surface area contributed by atoms with E-state index in [1.54, 1.807) is 24.3 Å². The Hall–Kier alpha value is -2.78. The predicted molar refractivity (Wildman–Crippen MR) is 86.8 cm³/mol. The molecule has 0 aliphatic carbocycles. The third-order valence-corrected chi connectivity index (χ3v) is 5.33. The Balaban J connectivity index is 2.20. The van der Waals surface area contributed by atoms with Gasteiger partial charge in [0.25, 0.3) is 10.0 Å². The van der Waals surface area contributed by atoms with Crippen LogP contribution in [0.3, 0.4) is 0 Å². The van der Waals surface area contributed by atoms with Crippen molar-refractivity contribution in [3.63, 3.8) is 0 Å². The van der Waals surface area contributed by atoms with E-state index >= 15 is 0 Å². The van der Waals surface area contributed by atoms with Gasteiger partial charge in [-0.3, -0.25) is 0 Å². The first-order valence-electron chi connectivity index (χ1n) is 6.93. The SMILES string of the molecule is COc1ccc(S(=O)(=O)n2cc(CC#N)c3ccccc32)cc1. The number of para-hydroxylation sites is 1. The second-order valence-electron chi connectivity index (χ2n) is 4.98. The van der Waals surface area contributed by atoms with Gasteiger partial charge in [0.1, 0.15) is 5.75 Å². The summed E-state index contributed by atoms with van der Waals surface area (Å²) in [5.74, 6) is 0.589. The molecule has 1 heterocycles. The van der Waals surface area contributed by atoms with Gasteiger partial charge < -0.3 is 4.74 Å². The highest BCUT2D eigenvalue weighted by Gasteiger charge is 2.21. The van der Waals surface area contributed by atoms with Crippen molar-refractivity contribution in [1.29, 1.82) is 5.26 Å². The molecule has 0 bridgehead atoms. The summed E-state index contributed by atoms with van der Waals surface area (Å²) in [6, 6.07) is 15.5. The lowest BCUT2D eigenvalue weighted by Gasteiger charge is -2.08. The van der Waals surface area contributed by atoms with Crippen molar-refractivity contribution >= 4 is 20.9 Å². The molecule has 0 atom stereocenters. The van der Waals surface area contributed by atoms with Gasteiger partial charge in [-0.25, -0.2) is 12.4 Å². The largest absolute Gasteiger partial charge is 0.497 e. The minimum atomic E-state index is -3.74. The van der Waals surface area contributed by atoms with Crippen LogP contribution in [0.25, 0.3) is 10.9 Å². The van der Waals surface area contributed by atoms with Crippen LogP contribution in [0.2, 0.25) is 0 Å². The average Bonchev–Trinajstić information content (AvgIpc) is 2.95. The topological polar surface area (TPSA) is 72.1 Å². The lowest BCUT2D eigenvalue weighted by atomic mass is 10.1. The normalized spacial score (nSPS) is 11.3. The number of rotatable bonds is 4. The Morgan fingerprint density at radius 3 is 2.48 bits per heavy atom. The molecule has 5 nitrogen and oxygen atoms in total. The van der Waals surface area contributed by atoms with Crippen molar-refractivity contribution in [3.8, 4) is 11.8 Å². The highest BCUT2D eigenvalue weighted by atomic mass is 32.2. The third kappa shape index (κ3) is 2.56. The minimum absolute atomic E-state index is 0.158. The summed E-state index contributed by atoms with van der Waals surface area (Å²) < 4.78 is 32.1. The lowest BCUT2D eigenvalue weighted by Crippen LogP contribution is -2.11. The monoisotopic (exact) mass is 326 g/mol. The van der Waals surface area contributed by atoms with Crippen molar-refractivity contribution in [3.05, 3.63) is 60.3 Å². The number of methoxy groups -OCH3 is 1. The first kappa shape index (κ1) is 15.1. The molecule has 6 heteroatoms. The van der Waals surface area contributed by atoms with E-state index < -0.39 is 10.0 Å². The van der Waals surface area contributed by atoms with Gasteiger partial charge in [-0.1, -0.05) is 18.2 Å². The molecule has 3 rings (SSSR count). The van der Waals surface area contributed by atoms with E-state index in [4.69, 9.17) is 10.00 Å². The molecule has 0 fully saturated rings. The molecule has 2 aromatic carbocycles. The van der Waals surface area contributed by atoms with Crippen LogP contribution in [0.5, 0.6) is 5.75 Å². The van der Waals surface area contributed by atoms with Gasteiger partial charge in [0.2, 0.25) is 0 Å². The summed E-state index contributed by atoms with van der Waals surface area (Å²) in [6.07, 6.45) is 1.68. The maximum absolute atomic E-state index is 12.9. The maximum Gasteiger partial charge on any atom is 0.268 e. The Labute approximate surface area is 134 Å². The maximum atomic E-state index is 12.9. The molecule has 0 spiro atoms. The molecule has 0 amide bonds. The lowest BCUT2D eigenvalue weighted by molar-refractivity contribution is 0.414. The van der Waals surface area contributed by atoms with E-state index in [1.807, 2.05) is 12.1 Å². The van der Waals surface area contributed by atoms with Gasteiger partial charge in [-0.15, -0.1) is 0 Å². The first-order chi connectivity index (χ1) is 11.1. The van der Waals surface area contributed by atoms with Crippen LogP contribution in [-0.2, 0) is 16.4 Å². The fraction of sp³-hybridized carbons (Fsp3) is 0.118. The fourth-order valence-electron chi connectivity index (χ4n) is 2.50. The van der Waals surface area contributed by atoms with Gasteiger partial charge in [0.15, 0.2) is 0 Å². The number of fused-ring (bicyclic) bond motifs is 1. The van der Waals surface area contributed by atoms with Crippen molar-refractivity contribution in [2.75, 3.05) is 7.11 Å². The van der Waals surface area contributed by atoms with E-state index in [0.717, 1.165) is 5.39 Å². The Bertz CT molecular complexity index is 996. The van der Waals surface area contributed by atoms with Crippen LogP contribution in [0.1, 0.15) is 5.56 Å². The summed E-state index contributed by atoms with van der Waals surface area (Å²) in [4.78, 5) is 0.169. The number of hydrogen-bond acceptors (Lipinski definition) is 4. The number of benzene rings is 2. The van der Waals surface area contributed by atoms with Gasteiger partial charge in [0.05, 0.1) is 30.0 Å². The summed E-state index contributed by atoms with van der Waals surface area (Å²) in [7, 11) is -2.21. The van der Waals surface area contributed by atoms with Crippen LogP contribution in [0.4, 0.5) is 0 Å². The molecule has 23 heavy (non-hydrogen) atoms. The highest BCUT2D eigenvalue weighted by molar-refractivity contribution is 7.90. The van der Waals surface area contributed by atoms with Crippen molar-refractivity contribution in [2.24, 2.45) is 0 Å². The molecule has 0 N–H and O–H groups in total. The fourth-order valence-corrected chi connectivity index (χ4v) is 3.90. The number of aromatic nitrogens is 1. The molecule has 3 aromatic rings. The predicted octanol–water partition coefficient (Wildman–Crippen LogP) is 2.95. The molecule has 0 saturated carbocycles. The van der Waals surface area contributed by atoms with Crippen molar-refractivity contribution < 1.29 is 13.2 Å². The molecule has 0 saturated heterocycles. The molecule has 116 valence electrons. The summed E-state index contributed by atoms with van der Waals surface area (Å²) in [5, 5.41) is 9.71. The van der Waals surface area contributed by atoms with E-state index in [2.05, 4.69) is 6.07 Å². The average molecular weight is 326 g/mol. The zero-order valence-electron chi connectivity index (χ0n) is 12.4. The molecule has 0 radical (unpaired) electrons. The number of hydrogen-bond donors (Lipinski definition) is 0. The van der Waals surface area contributed by atoms with Crippen molar-refractivity contribution in [1.82, 2.24) is 3.97 Å². The smallest absolute Gasteiger partial charge is 0.268 e. The summed E-state index contributed by atoms with van der Waals surface area (Å²) in [5.41, 5.74) is 1.26. The number of ether oxygens (including phenoxy) is 1. The second kappa shape index (κ2) is 5.78. The molecule has 0 aliphatic rings. The van der Waals surface area contributed by atoms with Crippen LogP contribution in [0.15, 0.2) is 59.6 Å².